The summed E-state index contributed by atoms with van der Waals surface area (Å²) in [4.78, 5) is 65.2. The zero-order valence-electron chi connectivity index (χ0n) is 21.2. The van der Waals surface area contributed by atoms with Crippen LogP contribution in [0, 0.1) is 17.2 Å². The Bertz CT molecular complexity index is 1230. The Hall–Kier alpha value is -2.50. The van der Waals surface area contributed by atoms with E-state index in [0.29, 0.717) is 0 Å². The van der Waals surface area contributed by atoms with Crippen molar-refractivity contribution in [1.29, 1.82) is 5.26 Å². The number of rotatable bonds is 11. The second kappa shape index (κ2) is 13.9. The minimum atomic E-state index is -1.96. The fourth-order valence-corrected chi connectivity index (χ4v) is 6.49. The summed E-state index contributed by atoms with van der Waals surface area (Å²) in [5, 5.41) is 12.6. The lowest BCUT2D eigenvalue weighted by molar-refractivity contribution is -0.153. The zero-order chi connectivity index (χ0) is 29.6. The van der Waals surface area contributed by atoms with Gasteiger partial charge in [0.1, 0.15) is 36.2 Å². The predicted molar refractivity (Wildman–Crippen MR) is 147 cm³/mol. The molecular formula is C24H24Cl3N3O8S2. The van der Waals surface area contributed by atoms with Crippen molar-refractivity contribution in [3.63, 3.8) is 0 Å². The number of hydrogen-bond donors (Lipinski definition) is 1. The largest absolute Gasteiger partial charge is 0.465 e. The van der Waals surface area contributed by atoms with E-state index in [9.17, 15) is 29.2 Å². The quantitative estimate of drug-likeness (QED) is 0.163. The summed E-state index contributed by atoms with van der Waals surface area (Å²) in [5.41, 5.74) is -0.161. The first-order valence-electron chi connectivity index (χ1n) is 11.8. The van der Waals surface area contributed by atoms with Crippen LogP contribution in [0.4, 0.5) is 0 Å². The number of carbonyl (C=O) groups is 5. The second-order valence-electron chi connectivity index (χ2n) is 8.54. The van der Waals surface area contributed by atoms with Gasteiger partial charge < -0.3 is 19.5 Å². The van der Waals surface area contributed by atoms with Crippen molar-refractivity contribution in [1.82, 2.24) is 10.2 Å². The van der Waals surface area contributed by atoms with E-state index in [1.165, 1.54) is 11.3 Å². The molecule has 2 aliphatic heterocycles. The summed E-state index contributed by atoms with van der Waals surface area (Å²) >= 11 is 19.7. The van der Waals surface area contributed by atoms with Crippen LogP contribution in [0.2, 0.25) is 0 Å². The van der Waals surface area contributed by atoms with Crippen LogP contribution >= 0.6 is 57.9 Å². The van der Waals surface area contributed by atoms with Gasteiger partial charge in [-0.25, -0.2) is 4.79 Å². The van der Waals surface area contributed by atoms with Crippen LogP contribution in [0.25, 0.3) is 0 Å². The van der Waals surface area contributed by atoms with Crippen LogP contribution in [0.3, 0.4) is 0 Å². The average molecular weight is 653 g/mol. The van der Waals surface area contributed by atoms with Crippen molar-refractivity contribution in [3.8, 4) is 6.07 Å². The Balaban J connectivity index is 1.97. The van der Waals surface area contributed by atoms with Crippen LogP contribution in [0.1, 0.15) is 25.1 Å². The number of nitriles is 1. The number of nitrogens with one attached hydrogen (secondary N) is 1. The maximum atomic E-state index is 13.3. The van der Waals surface area contributed by atoms with Crippen molar-refractivity contribution in [2.75, 3.05) is 19.8 Å². The van der Waals surface area contributed by atoms with E-state index in [0.717, 1.165) is 28.5 Å². The molecule has 0 aromatic carbocycles. The number of amides is 2. The van der Waals surface area contributed by atoms with E-state index in [4.69, 9.17) is 49.0 Å². The second-order valence-corrected chi connectivity index (χ2v) is 13.4. The minimum absolute atomic E-state index is 0.0445. The average Bonchev–Trinajstić information content (AvgIpc) is 3.39. The highest BCUT2D eigenvalue weighted by molar-refractivity contribution is 8.00. The molecule has 3 rings (SSSR count). The predicted octanol–water partition coefficient (Wildman–Crippen LogP) is 2.88. The van der Waals surface area contributed by atoms with Gasteiger partial charge in [-0.2, -0.15) is 5.26 Å². The number of thioether (sulfide) groups is 1. The highest BCUT2D eigenvalue weighted by Crippen LogP contribution is 2.46. The maximum absolute atomic E-state index is 13.3. The number of thiophene rings is 1. The third kappa shape index (κ3) is 8.04. The number of halogens is 3. The Morgan fingerprint density at radius 3 is 2.52 bits per heavy atom. The highest BCUT2D eigenvalue weighted by atomic mass is 35.6. The number of carbonyl (C=O) groups excluding carboxylic acids is 5. The number of alkyl halides is 3. The molecule has 0 bridgehead atoms. The molecule has 0 aliphatic carbocycles. The summed E-state index contributed by atoms with van der Waals surface area (Å²) in [6, 6.07) is 4.45. The van der Waals surface area contributed by atoms with E-state index in [1.54, 1.807) is 19.1 Å². The van der Waals surface area contributed by atoms with Crippen LogP contribution in [-0.4, -0.2) is 74.9 Å². The molecule has 0 spiro atoms. The summed E-state index contributed by atoms with van der Waals surface area (Å²) < 4.78 is 13.3. The molecule has 1 aromatic heterocycles. The van der Waals surface area contributed by atoms with Crippen molar-refractivity contribution in [2.24, 2.45) is 5.92 Å². The normalized spacial score (nSPS) is 20.9. The lowest BCUT2D eigenvalue weighted by atomic mass is 9.95. The van der Waals surface area contributed by atoms with Crippen LogP contribution in [0.5, 0.6) is 0 Å². The number of fused-ring (bicyclic) bond motifs is 1. The van der Waals surface area contributed by atoms with Crippen molar-refractivity contribution in [2.45, 2.75) is 47.1 Å². The molecule has 1 aromatic rings. The van der Waals surface area contributed by atoms with E-state index >= 15 is 0 Å². The Kier molecular flexibility index (Phi) is 11.1. The number of β-lactam (4-membered cyclic amide) rings is 1. The van der Waals surface area contributed by atoms with Gasteiger partial charge in [-0.3, -0.25) is 24.1 Å². The molecule has 216 valence electrons. The summed E-state index contributed by atoms with van der Waals surface area (Å²) in [7, 11) is 0. The number of esters is 3. The van der Waals surface area contributed by atoms with Crippen LogP contribution < -0.4 is 5.32 Å². The summed E-state index contributed by atoms with van der Waals surface area (Å²) in [5.74, 6) is -4.76. The molecule has 4 atom stereocenters. The van der Waals surface area contributed by atoms with Gasteiger partial charge in [0.05, 0.1) is 19.1 Å². The van der Waals surface area contributed by atoms with Crippen LogP contribution in [-0.2, 0) is 44.6 Å². The summed E-state index contributed by atoms with van der Waals surface area (Å²) in [6.45, 7) is 1.69. The molecule has 1 saturated heterocycles. The molecule has 3 heterocycles. The highest BCUT2D eigenvalue weighted by Gasteiger charge is 2.57. The zero-order valence-corrected chi connectivity index (χ0v) is 25.1. The molecular weight excluding hydrogens is 629 g/mol. The lowest BCUT2D eigenvalue weighted by Crippen LogP contribution is -2.71. The van der Waals surface area contributed by atoms with Gasteiger partial charge in [0.15, 0.2) is 0 Å². The molecule has 3 unspecified atom stereocenters. The first-order chi connectivity index (χ1) is 18.9. The molecule has 1 N–H and O–H groups in total. The molecule has 2 aliphatic rings. The van der Waals surface area contributed by atoms with Gasteiger partial charge in [-0.05, 0) is 24.8 Å². The molecule has 0 radical (unpaired) electrons. The smallest absolute Gasteiger partial charge is 0.355 e. The van der Waals surface area contributed by atoms with Gasteiger partial charge >= 0.3 is 17.9 Å². The summed E-state index contributed by atoms with van der Waals surface area (Å²) in [6.07, 6.45) is -0.0977. The first-order valence-corrected chi connectivity index (χ1v) is 14.8. The number of ether oxygens (including phenoxy) is 3. The van der Waals surface area contributed by atoms with Crippen molar-refractivity contribution in [3.05, 3.63) is 33.7 Å². The monoisotopic (exact) mass is 651 g/mol. The topological polar surface area (TPSA) is 152 Å². The van der Waals surface area contributed by atoms with Crippen molar-refractivity contribution < 1.29 is 38.2 Å². The molecule has 2 amide bonds. The van der Waals surface area contributed by atoms with E-state index in [-0.39, 0.29) is 30.7 Å². The number of hydrogen-bond acceptors (Lipinski definition) is 11. The maximum Gasteiger partial charge on any atom is 0.355 e. The Labute approximate surface area is 253 Å². The third-order valence-electron chi connectivity index (χ3n) is 5.68. The molecule has 11 nitrogen and oxygen atoms in total. The van der Waals surface area contributed by atoms with Crippen molar-refractivity contribution >= 4 is 87.6 Å². The van der Waals surface area contributed by atoms with Gasteiger partial charge in [0.2, 0.25) is 9.70 Å². The fraction of sp³-hybridized carbons (Fsp3) is 0.500. The lowest BCUT2D eigenvalue weighted by Gasteiger charge is -2.51. The first kappa shape index (κ1) is 32.0. The third-order valence-corrected chi connectivity index (χ3v) is 8.45. The molecule has 16 heteroatoms. The molecule has 40 heavy (non-hydrogen) atoms. The Morgan fingerprint density at radius 1 is 1.23 bits per heavy atom. The minimum Gasteiger partial charge on any atom is -0.465 e. The number of nitrogens with zero attached hydrogens (tertiary/aromatic N) is 2. The van der Waals surface area contributed by atoms with E-state index in [1.807, 2.05) is 11.4 Å². The SMILES string of the molecule is CCOC(=O)C(C#N)CC1S[C@@H]2C(NC(=O)Cc3cccs3)C(=O)N2C(C(=O)OCC(Cl)(Cl)Cl)=C1COC(C)=O. The van der Waals surface area contributed by atoms with E-state index < -0.39 is 69.3 Å². The standard InChI is InChI=1S/C24H24Cl3N3O8S2/c1-3-36-22(34)13(9-28)7-16-15(10-37-12(2)31)19(23(35)38-11-24(25,26)27)30-20(33)18(21(30)40-16)29-17(32)8-14-5-4-6-39-14/h4-6,13,16,18,21H,3,7-8,10-11H2,1-2H3,(H,29,32)/t13?,16?,18?,21-/m1/s1. The Morgan fingerprint density at radius 2 is 1.95 bits per heavy atom. The van der Waals surface area contributed by atoms with Gasteiger partial charge in [0, 0.05) is 22.6 Å². The fourth-order valence-electron chi connectivity index (χ4n) is 3.97. The van der Waals surface area contributed by atoms with Gasteiger partial charge in [-0.1, -0.05) is 40.9 Å². The molecule has 0 saturated carbocycles. The van der Waals surface area contributed by atoms with Gasteiger partial charge in [0.25, 0.3) is 5.91 Å². The van der Waals surface area contributed by atoms with Gasteiger partial charge in [-0.15, -0.1) is 23.1 Å². The molecule has 1 fully saturated rings. The van der Waals surface area contributed by atoms with E-state index in [2.05, 4.69) is 5.32 Å². The van der Waals surface area contributed by atoms with Crippen LogP contribution in [0.15, 0.2) is 28.8 Å².